The molecule has 0 saturated carbocycles. The summed E-state index contributed by atoms with van der Waals surface area (Å²) in [7, 11) is 0. The van der Waals surface area contributed by atoms with E-state index >= 15 is 0 Å². The van der Waals surface area contributed by atoms with Crippen molar-refractivity contribution in [3.05, 3.63) is 101 Å². The highest BCUT2D eigenvalue weighted by molar-refractivity contribution is 6.30. The third-order valence-corrected chi connectivity index (χ3v) is 5.69. The molecule has 1 aromatic heterocycles. The predicted molar refractivity (Wildman–Crippen MR) is 125 cm³/mol. The Morgan fingerprint density at radius 3 is 2.50 bits per heavy atom. The molecule has 3 aromatic rings. The maximum Gasteiger partial charge on any atom is 0.247 e. The van der Waals surface area contributed by atoms with Gasteiger partial charge in [-0.3, -0.25) is 4.79 Å². The van der Waals surface area contributed by atoms with Gasteiger partial charge in [-0.25, -0.2) is 0 Å². The number of nitrogens with zero attached hydrogens (tertiary/aromatic N) is 2. The van der Waals surface area contributed by atoms with Crippen LogP contribution in [-0.2, 0) is 17.9 Å². The maximum atomic E-state index is 13.1. The third kappa shape index (κ3) is 5.87. The van der Waals surface area contributed by atoms with Crippen molar-refractivity contribution < 1.29 is 4.79 Å². The minimum atomic E-state index is 0.0237. The van der Waals surface area contributed by atoms with E-state index in [1.807, 2.05) is 65.6 Å². The van der Waals surface area contributed by atoms with Crippen molar-refractivity contribution in [2.24, 2.45) is 5.92 Å². The van der Waals surface area contributed by atoms with E-state index in [4.69, 9.17) is 11.6 Å². The van der Waals surface area contributed by atoms with Gasteiger partial charge in [-0.15, -0.1) is 0 Å². The lowest BCUT2D eigenvalue weighted by Crippen LogP contribution is -2.40. The molecule has 0 saturated heterocycles. The van der Waals surface area contributed by atoms with Crippen LogP contribution in [0.5, 0.6) is 0 Å². The van der Waals surface area contributed by atoms with Crippen LogP contribution in [0.1, 0.15) is 37.6 Å². The molecule has 156 valence electrons. The number of carbonyl (C=O) groups excluding carboxylic acids is 1. The molecular weight excluding hydrogens is 392 g/mol. The van der Waals surface area contributed by atoms with Gasteiger partial charge in [0.1, 0.15) is 0 Å². The van der Waals surface area contributed by atoms with Crippen molar-refractivity contribution in [3.63, 3.8) is 0 Å². The molecule has 1 heterocycles. The first-order chi connectivity index (χ1) is 14.4. The second-order valence-corrected chi connectivity index (χ2v) is 8.39. The van der Waals surface area contributed by atoms with Crippen molar-refractivity contribution in [1.82, 2.24) is 9.47 Å². The van der Waals surface area contributed by atoms with Gasteiger partial charge in [0.05, 0.1) is 6.54 Å². The van der Waals surface area contributed by atoms with E-state index in [1.54, 1.807) is 6.08 Å². The summed E-state index contributed by atoms with van der Waals surface area (Å²) in [6.45, 7) is 7.70. The Balaban J connectivity index is 1.80. The van der Waals surface area contributed by atoms with Crippen LogP contribution < -0.4 is 0 Å². The van der Waals surface area contributed by atoms with E-state index in [2.05, 4.69) is 43.7 Å². The summed E-state index contributed by atoms with van der Waals surface area (Å²) < 4.78 is 2.18. The molecule has 0 aliphatic carbocycles. The SMILES string of the molecule is CC(C)C(C)N(Cc1cccn1Cc1cccc(Cl)c1)C(=O)C=Cc1ccccc1. The minimum Gasteiger partial charge on any atom is -0.345 e. The molecule has 3 rings (SSSR count). The second kappa shape index (κ2) is 10.3. The molecule has 0 N–H and O–H groups in total. The fourth-order valence-corrected chi connectivity index (χ4v) is 3.58. The largest absolute Gasteiger partial charge is 0.345 e. The van der Waals surface area contributed by atoms with Crippen LogP contribution >= 0.6 is 11.6 Å². The maximum absolute atomic E-state index is 13.1. The third-order valence-electron chi connectivity index (χ3n) is 5.46. The van der Waals surface area contributed by atoms with E-state index in [1.165, 1.54) is 0 Å². The first kappa shape index (κ1) is 21.9. The van der Waals surface area contributed by atoms with Crippen LogP contribution in [0.15, 0.2) is 79.0 Å². The van der Waals surface area contributed by atoms with Crippen LogP contribution in [0.4, 0.5) is 0 Å². The molecule has 0 bridgehead atoms. The average Bonchev–Trinajstić information content (AvgIpc) is 3.17. The van der Waals surface area contributed by atoms with E-state index in [9.17, 15) is 4.79 Å². The molecule has 30 heavy (non-hydrogen) atoms. The number of hydrogen-bond donors (Lipinski definition) is 0. The lowest BCUT2D eigenvalue weighted by molar-refractivity contribution is -0.129. The van der Waals surface area contributed by atoms with E-state index in [0.29, 0.717) is 12.5 Å². The number of rotatable bonds is 8. The van der Waals surface area contributed by atoms with Gasteiger partial charge >= 0.3 is 0 Å². The number of aromatic nitrogens is 1. The Labute approximate surface area is 184 Å². The summed E-state index contributed by atoms with van der Waals surface area (Å²) in [5.41, 5.74) is 3.26. The lowest BCUT2D eigenvalue weighted by atomic mass is 10.0. The Kier molecular flexibility index (Phi) is 7.53. The van der Waals surface area contributed by atoms with Gasteiger partial charge in [0.2, 0.25) is 5.91 Å². The Morgan fingerprint density at radius 2 is 1.80 bits per heavy atom. The molecule has 1 amide bonds. The monoisotopic (exact) mass is 420 g/mol. The zero-order valence-corrected chi connectivity index (χ0v) is 18.6. The molecule has 0 spiro atoms. The van der Waals surface area contributed by atoms with Crippen molar-refractivity contribution in [3.8, 4) is 0 Å². The Bertz CT molecular complexity index is 991. The topological polar surface area (TPSA) is 25.2 Å². The van der Waals surface area contributed by atoms with E-state index < -0.39 is 0 Å². The van der Waals surface area contributed by atoms with Crippen molar-refractivity contribution in [2.75, 3.05) is 0 Å². The quantitative estimate of drug-likeness (QED) is 0.394. The van der Waals surface area contributed by atoms with Gasteiger partial charge < -0.3 is 9.47 Å². The Hall–Kier alpha value is -2.78. The molecule has 1 atom stereocenters. The molecule has 2 aromatic carbocycles. The normalized spacial score (nSPS) is 12.4. The second-order valence-electron chi connectivity index (χ2n) is 7.95. The van der Waals surface area contributed by atoms with Crippen LogP contribution in [0.2, 0.25) is 5.02 Å². The fraction of sp³-hybridized carbons (Fsp3) is 0.269. The van der Waals surface area contributed by atoms with Crippen LogP contribution in [0.25, 0.3) is 6.08 Å². The summed E-state index contributed by atoms with van der Waals surface area (Å²) in [5, 5.41) is 0.734. The summed E-state index contributed by atoms with van der Waals surface area (Å²) in [4.78, 5) is 15.1. The first-order valence-corrected chi connectivity index (χ1v) is 10.7. The zero-order valence-electron chi connectivity index (χ0n) is 17.8. The van der Waals surface area contributed by atoms with Crippen molar-refractivity contribution in [2.45, 2.75) is 39.9 Å². The molecule has 0 aliphatic heterocycles. The highest BCUT2D eigenvalue weighted by atomic mass is 35.5. The zero-order chi connectivity index (χ0) is 21.5. The van der Waals surface area contributed by atoms with Gasteiger partial charge in [0, 0.05) is 35.6 Å². The first-order valence-electron chi connectivity index (χ1n) is 10.4. The smallest absolute Gasteiger partial charge is 0.247 e. The standard InChI is InChI=1S/C26H29ClN2O/c1-20(2)21(3)29(26(30)15-14-22-9-5-4-6-10-22)19-25-13-8-16-28(25)18-23-11-7-12-24(27)17-23/h4-17,20-21H,18-19H2,1-3H3. The number of amides is 1. The fourth-order valence-electron chi connectivity index (χ4n) is 3.36. The molecule has 0 fully saturated rings. The van der Waals surface area contributed by atoms with Crippen LogP contribution in [0, 0.1) is 5.92 Å². The molecule has 4 heteroatoms. The average molecular weight is 421 g/mol. The van der Waals surface area contributed by atoms with Crippen LogP contribution in [0.3, 0.4) is 0 Å². The van der Waals surface area contributed by atoms with Crippen molar-refractivity contribution >= 4 is 23.6 Å². The van der Waals surface area contributed by atoms with Gasteiger partial charge in [-0.1, -0.05) is 67.9 Å². The molecule has 0 aliphatic rings. The van der Waals surface area contributed by atoms with Crippen LogP contribution in [-0.4, -0.2) is 21.4 Å². The van der Waals surface area contributed by atoms with Crippen molar-refractivity contribution in [1.29, 1.82) is 0 Å². The molecule has 1 unspecified atom stereocenters. The highest BCUT2D eigenvalue weighted by Gasteiger charge is 2.22. The summed E-state index contributed by atoms with van der Waals surface area (Å²) in [6.07, 6.45) is 5.62. The number of hydrogen-bond acceptors (Lipinski definition) is 1. The molecule has 0 radical (unpaired) electrons. The molecular formula is C26H29ClN2O. The van der Waals surface area contributed by atoms with E-state index in [0.717, 1.165) is 28.4 Å². The van der Waals surface area contributed by atoms with Gasteiger partial charge in [0.25, 0.3) is 0 Å². The summed E-state index contributed by atoms with van der Waals surface area (Å²) in [6, 6.07) is 22.0. The summed E-state index contributed by atoms with van der Waals surface area (Å²) >= 11 is 6.14. The summed E-state index contributed by atoms with van der Waals surface area (Å²) in [5.74, 6) is 0.381. The highest BCUT2D eigenvalue weighted by Crippen LogP contribution is 2.18. The number of benzene rings is 2. The number of halogens is 1. The van der Waals surface area contributed by atoms with Gasteiger partial charge in [-0.05, 0) is 54.3 Å². The molecule has 3 nitrogen and oxygen atoms in total. The predicted octanol–water partition coefficient (Wildman–Crippen LogP) is 6.28. The van der Waals surface area contributed by atoms with Gasteiger partial charge in [0.15, 0.2) is 0 Å². The van der Waals surface area contributed by atoms with E-state index in [-0.39, 0.29) is 11.9 Å². The number of carbonyl (C=O) groups is 1. The lowest BCUT2D eigenvalue weighted by Gasteiger charge is -2.31. The Morgan fingerprint density at radius 1 is 1.03 bits per heavy atom. The van der Waals surface area contributed by atoms with Gasteiger partial charge in [-0.2, -0.15) is 0 Å². The minimum absolute atomic E-state index is 0.0237.